The molecule has 0 aliphatic heterocycles. The lowest BCUT2D eigenvalue weighted by molar-refractivity contribution is -0.142. The lowest BCUT2D eigenvalue weighted by Gasteiger charge is -2.13. The number of carboxylic acid groups (broad SMARTS) is 1. The lowest BCUT2D eigenvalue weighted by Crippen LogP contribution is -2.44. The Labute approximate surface area is 93.3 Å². The predicted octanol–water partition coefficient (Wildman–Crippen LogP) is 0.455. The molecule has 0 spiro atoms. The molecule has 0 saturated carbocycles. The quantitative estimate of drug-likeness (QED) is 0.726. The first kappa shape index (κ1) is 15.0. The van der Waals surface area contributed by atoms with Crippen LogP contribution in [0, 0.1) is 0 Å². The van der Waals surface area contributed by atoms with Gasteiger partial charge in [0.05, 0.1) is 12.4 Å². The van der Waals surface area contributed by atoms with Gasteiger partial charge in [0.25, 0.3) is 0 Å². The number of methoxy groups -OCH3 is 1. The SMILES string of the molecule is COCC(NC(=O)CSC(F)(F)F)C(=O)O. The normalized spacial score (nSPS) is 13.2. The smallest absolute Gasteiger partial charge is 0.442 e. The van der Waals surface area contributed by atoms with E-state index in [2.05, 4.69) is 4.74 Å². The summed E-state index contributed by atoms with van der Waals surface area (Å²) in [6.07, 6.45) is 0. The lowest BCUT2D eigenvalue weighted by atomic mass is 10.3. The van der Waals surface area contributed by atoms with E-state index in [1.165, 1.54) is 7.11 Å². The van der Waals surface area contributed by atoms with Crippen molar-refractivity contribution >= 4 is 23.6 Å². The molecule has 0 aliphatic rings. The number of nitrogens with one attached hydrogen (secondary N) is 1. The van der Waals surface area contributed by atoms with Gasteiger partial charge >= 0.3 is 11.5 Å². The molecule has 5 nitrogen and oxygen atoms in total. The van der Waals surface area contributed by atoms with Crippen LogP contribution in [0.3, 0.4) is 0 Å². The molecule has 94 valence electrons. The number of halogens is 3. The van der Waals surface area contributed by atoms with Gasteiger partial charge in [-0.05, 0) is 11.8 Å². The molecule has 0 bridgehead atoms. The molecule has 0 radical (unpaired) electrons. The summed E-state index contributed by atoms with van der Waals surface area (Å²) in [5.74, 6) is -3.25. The van der Waals surface area contributed by atoms with E-state index in [-0.39, 0.29) is 6.61 Å². The van der Waals surface area contributed by atoms with E-state index in [1.54, 1.807) is 0 Å². The van der Waals surface area contributed by atoms with Crippen LogP contribution < -0.4 is 5.32 Å². The topological polar surface area (TPSA) is 75.6 Å². The van der Waals surface area contributed by atoms with Crippen LogP contribution in [0.5, 0.6) is 0 Å². The highest BCUT2D eigenvalue weighted by Crippen LogP contribution is 2.29. The Morgan fingerprint density at radius 2 is 2.06 bits per heavy atom. The van der Waals surface area contributed by atoms with Gasteiger partial charge in [-0.2, -0.15) is 13.2 Å². The van der Waals surface area contributed by atoms with Crippen molar-refractivity contribution < 1.29 is 32.6 Å². The van der Waals surface area contributed by atoms with Crippen LogP contribution in [0.4, 0.5) is 13.2 Å². The molecular formula is C7H10F3NO4S. The highest BCUT2D eigenvalue weighted by Gasteiger charge is 2.30. The van der Waals surface area contributed by atoms with Crippen molar-refractivity contribution in [1.29, 1.82) is 0 Å². The number of hydrogen-bond donors (Lipinski definition) is 2. The standard InChI is InChI=1S/C7H10F3NO4S/c1-15-2-4(6(13)14)11-5(12)3-16-7(8,9)10/h4H,2-3H2,1H3,(H,11,12)(H,13,14). The van der Waals surface area contributed by atoms with Crippen LogP contribution >= 0.6 is 11.8 Å². The summed E-state index contributed by atoms with van der Waals surface area (Å²) in [6, 6.07) is -1.34. The average Bonchev–Trinajstić information content (AvgIpc) is 2.13. The highest BCUT2D eigenvalue weighted by molar-refractivity contribution is 8.00. The van der Waals surface area contributed by atoms with Gasteiger partial charge < -0.3 is 15.2 Å². The summed E-state index contributed by atoms with van der Waals surface area (Å²) in [5, 5.41) is 10.5. The second-order valence-electron chi connectivity index (χ2n) is 2.65. The van der Waals surface area contributed by atoms with Gasteiger partial charge in [-0.3, -0.25) is 4.79 Å². The Morgan fingerprint density at radius 3 is 2.44 bits per heavy atom. The van der Waals surface area contributed by atoms with E-state index >= 15 is 0 Å². The second kappa shape index (κ2) is 6.59. The van der Waals surface area contributed by atoms with E-state index in [0.717, 1.165) is 0 Å². The Bertz CT molecular complexity index is 259. The number of alkyl halides is 3. The zero-order valence-electron chi connectivity index (χ0n) is 8.21. The molecule has 0 saturated heterocycles. The maximum absolute atomic E-state index is 11.7. The maximum atomic E-state index is 11.7. The molecule has 1 amide bonds. The van der Waals surface area contributed by atoms with Crippen LogP contribution in [0.1, 0.15) is 0 Å². The van der Waals surface area contributed by atoms with Crippen LogP contribution in [-0.2, 0) is 14.3 Å². The van der Waals surface area contributed by atoms with Gasteiger partial charge in [0.15, 0.2) is 6.04 Å². The fourth-order valence-corrected chi connectivity index (χ4v) is 1.10. The van der Waals surface area contributed by atoms with E-state index in [0.29, 0.717) is 0 Å². The van der Waals surface area contributed by atoms with E-state index in [4.69, 9.17) is 5.11 Å². The number of aliphatic carboxylic acids is 1. The van der Waals surface area contributed by atoms with Crippen molar-refractivity contribution in [3.8, 4) is 0 Å². The van der Waals surface area contributed by atoms with E-state index in [1.807, 2.05) is 5.32 Å². The first-order valence-electron chi connectivity index (χ1n) is 3.98. The third kappa shape index (κ3) is 7.35. The first-order valence-corrected chi connectivity index (χ1v) is 4.96. The predicted molar refractivity (Wildman–Crippen MR) is 50.0 cm³/mol. The van der Waals surface area contributed by atoms with Crippen molar-refractivity contribution in [2.75, 3.05) is 19.5 Å². The van der Waals surface area contributed by atoms with Gasteiger partial charge in [-0.1, -0.05) is 0 Å². The number of ether oxygens (including phenoxy) is 1. The summed E-state index contributed by atoms with van der Waals surface area (Å²) in [4.78, 5) is 21.4. The molecule has 1 atom stereocenters. The molecule has 1 unspecified atom stereocenters. The minimum absolute atomic E-state index is 0.308. The third-order valence-corrected chi connectivity index (χ3v) is 2.07. The largest absolute Gasteiger partial charge is 0.480 e. The van der Waals surface area contributed by atoms with Crippen LogP contribution in [0.25, 0.3) is 0 Å². The highest BCUT2D eigenvalue weighted by atomic mass is 32.2. The summed E-state index contributed by atoms with van der Waals surface area (Å²) in [5.41, 5.74) is -4.52. The summed E-state index contributed by atoms with van der Waals surface area (Å²) < 4.78 is 39.6. The zero-order chi connectivity index (χ0) is 12.8. The van der Waals surface area contributed by atoms with Crippen molar-refractivity contribution in [1.82, 2.24) is 5.32 Å². The van der Waals surface area contributed by atoms with Gasteiger partial charge in [0.1, 0.15) is 0 Å². The number of hydrogen-bond acceptors (Lipinski definition) is 4. The Morgan fingerprint density at radius 1 is 1.50 bits per heavy atom. The number of carbonyl (C=O) groups is 2. The molecule has 0 rings (SSSR count). The zero-order valence-corrected chi connectivity index (χ0v) is 9.02. The van der Waals surface area contributed by atoms with E-state index in [9.17, 15) is 22.8 Å². The molecule has 0 aromatic rings. The molecule has 0 heterocycles. The Balaban J connectivity index is 4.05. The summed E-state index contributed by atoms with van der Waals surface area (Å²) >= 11 is -0.532. The fourth-order valence-electron chi connectivity index (χ4n) is 0.725. The van der Waals surface area contributed by atoms with Crippen LogP contribution in [0.15, 0.2) is 0 Å². The molecule has 16 heavy (non-hydrogen) atoms. The molecule has 0 aromatic carbocycles. The average molecular weight is 261 g/mol. The van der Waals surface area contributed by atoms with Gasteiger partial charge in [-0.15, -0.1) is 0 Å². The molecule has 0 aromatic heterocycles. The maximum Gasteiger partial charge on any atom is 0.442 e. The number of amides is 1. The number of rotatable bonds is 6. The number of carbonyl (C=O) groups excluding carboxylic acids is 1. The van der Waals surface area contributed by atoms with E-state index < -0.39 is 40.9 Å². The number of carboxylic acids is 1. The molecule has 0 aliphatic carbocycles. The minimum Gasteiger partial charge on any atom is -0.480 e. The van der Waals surface area contributed by atoms with Crippen molar-refractivity contribution in [3.63, 3.8) is 0 Å². The third-order valence-electron chi connectivity index (χ3n) is 1.33. The molecule has 9 heteroatoms. The van der Waals surface area contributed by atoms with Gasteiger partial charge in [-0.25, -0.2) is 4.79 Å². The fraction of sp³-hybridized carbons (Fsp3) is 0.714. The molecular weight excluding hydrogens is 251 g/mol. The summed E-state index contributed by atoms with van der Waals surface area (Å²) in [6.45, 7) is -0.308. The molecule has 2 N–H and O–H groups in total. The molecule has 0 fully saturated rings. The monoisotopic (exact) mass is 261 g/mol. The van der Waals surface area contributed by atoms with Crippen LogP contribution in [0.2, 0.25) is 0 Å². The van der Waals surface area contributed by atoms with Crippen molar-refractivity contribution in [3.05, 3.63) is 0 Å². The first-order chi connectivity index (χ1) is 7.26. The minimum atomic E-state index is -4.52. The van der Waals surface area contributed by atoms with Crippen molar-refractivity contribution in [2.45, 2.75) is 11.6 Å². The second-order valence-corrected chi connectivity index (χ2v) is 3.69. The number of thioether (sulfide) groups is 1. The summed E-state index contributed by atoms with van der Waals surface area (Å²) in [7, 11) is 1.21. The Hall–Kier alpha value is -0.960. The van der Waals surface area contributed by atoms with Crippen LogP contribution in [-0.4, -0.2) is 48.0 Å². The van der Waals surface area contributed by atoms with Gasteiger partial charge in [0, 0.05) is 7.11 Å². The van der Waals surface area contributed by atoms with Crippen molar-refractivity contribution in [2.24, 2.45) is 0 Å². The van der Waals surface area contributed by atoms with Gasteiger partial charge in [0.2, 0.25) is 5.91 Å². The Kier molecular flexibility index (Phi) is 6.19.